The average Bonchev–Trinajstić information content (AvgIpc) is 2.59. The highest BCUT2D eigenvalue weighted by molar-refractivity contribution is 7.17. The summed E-state index contributed by atoms with van der Waals surface area (Å²) in [6.45, 7) is 4.09. The van der Waals surface area contributed by atoms with Gasteiger partial charge in [0.15, 0.2) is 11.4 Å². The topological polar surface area (TPSA) is 33.2 Å². The lowest BCUT2D eigenvalue weighted by Crippen LogP contribution is -2.26. The lowest BCUT2D eigenvalue weighted by molar-refractivity contribution is 0.112. The second-order valence-electron chi connectivity index (χ2n) is 4.32. The molecule has 0 radical (unpaired) electrons. The zero-order valence-electron chi connectivity index (χ0n) is 9.74. The minimum atomic E-state index is 0.775. The number of rotatable bonds is 2. The Balaban J connectivity index is 2.10. The van der Waals surface area contributed by atoms with E-state index in [-0.39, 0.29) is 0 Å². The maximum absolute atomic E-state index is 10.8. The number of aldehydes is 1. The number of aromatic nitrogens is 1. The molecule has 3 nitrogen and oxygen atoms in total. The summed E-state index contributed by atoms with van der Waals surface area (Å²) in [5.41, 5.74) is 0.872. The summed E-state index contributed by atoms with van der Waals surface area (Å²) in [4.78, 5) is 18.4. The van der Waals surface area contributed by atoms with Gasteiger partial charge in [-0.25, -0.2) is 4.98 Å². The summed E-state index contributed by atoms with van der Waals surface area (Å²) >= 11 is 1.53. The molecule has 2 rings (SSSR count). The van der Waals surface area contributed by atoms with Crippen LogP contribution in [-0.4, -0.2) is 24.4 Å². The summed E-state index contributed by atoms with van der Waals surface area (Å²) in [5.74, 6) is 0. The van der Waals surface area contributed by atoms with Gasteiger partial charge in [-0.15, -0.1) is 0 Å². The van der Waals surface area contributed by atoms with Crippen LogP contribution in [0.3, 0.4) is 0 Å². The number of thiazole rings is 1. The van der Waals surface area contributed by atoms with Gasteiger partial charge in [0.1, 0.15) is 0 Å². The van der Waals surface area contributed by atoms with Crippen LogP contribution in [0.25, 0.3) is 0 Å². The van der Waals surface area contributed by atoms with Crippen molar-refractivity contribution >= 4 is 22.8 Å². The van der Waals surface area contributed by atoms with Crippen molar-refractivity contribution in [2.45, 2.75) is 39.0 Å². The molecule has 0 aliphatic carbocycles. The smallest absolute Gasteiger partial charge is 0.186 e. The van der Waals surface area contributed by atoms with Gasteiger partial charge in [0.2, 0.25) is 0 Å². The Morgan fingerprint density at radius 1 is 1.19 bits per heavy atom. The fourth-order valence-corrected chi connectivity index (χ4v) is 3.01. The lowest BCUT2D eigenvalue weighted by Gasteiger charge is -2.23. The molecule has 0 amide bonds. The molecule has 0 spiro atoms. The number of nitrogens with zero attached hydrogens (tertiary/aromatic N) is 2. The van der Waals surface area contributed by atoms with E-state index in [1.165, 1.54) is 43.4 Å². The van der Waals surface area contributed by atoms with Gasteiger partial charge in [-0.2, -0.15) is 0 Å². The summed E-state index contributed by atoms with van der Waals surface area (Å²) in [6.07, 6.45) is 7.41. The molecule has 1 aliphatic heterocycles. The van der Waals surface area contributed by atoms with E-state index < -0.39 is 0 Å². The molecule has 2 heterocycles. The van der Waals surface area contributed by atoms with Crippen molar-refractivity contribution in [2.24, 2.45) is 0 Å². The first-order chi connectivity index (χ1) is 7.81. The predicted molar refractivity (Wildman–Crippen MR) is 67.5 cm³/mol. The summed E-state index contributed by atoms with van der Waals surface area (Å²) in [6, 6.07) is 0. The monoisotopic (exact) mass is 238 g/mol. The van der Waals surface area contributed by atoms with E-state index in [1.807, 2.05) is 6.92 Å². The molecule has 0 bridgehead atoms. The minimum absolute atomic E-state index is 0.775. The third-order valence-electron chi connectivity index (χ3n) is 3.05. The first-order valence-electron chi connectivity index (χ1n) is 5.99. The highest BCUT2D eigenvalue weighted by atomic mass is 32.1. The van der Waals surface area contributed by atoms with Gasteiger partial charge in [-0.3, -0.25) is 4.79 Å². The molecule has 0 aromatic carbocycles. The van der Waals surface area contributed by atoms with Crippen LogP contribution in [0.2, 0.25) is 0 Å². The number of carbonyl (C=O) groups excluding carboxylic acids is 1. The van der Waals surface area contributed by atoms with E-state index in [0.717, 1.165) is 35.1 Å². The molecule has 1 aromatic rings. The molecule has 1 aliphatic rings. The van der Waals surface area contributed by atoms with Crippen LogP contribution in [0.1, 0.15) is 47.5 Å². The Bertz CT molecular complexity index is 354. The number of aryl methyl sites for hydroxylation is 1. The standard InChI is InChI=1S/C12H18N2OS/c1-10-11(9-15)16-12(13-10)14-7-5-3-2-4-6-8-14/h9H,2-8H2,1H3. The van der Waals surface area contributed by atoms with Gasteiger partial charge >= 0.3 is 0 Å². The Morgan fingerprint density at radius 3 is 2.38 bits per heavy atom. The van der Waals surface area contributed by atoms with Crippen molar-refractivity contribution < 1.29 is 4.79 Å². The van der Waals surface area contributed by atoms with Crippen LogP contribution < -0.4 is 4.90 Å². The molecule has 0 N–H and O–H groups in total. The third-order valence-corrected chi connectivity index (χ3v) is 4.20. The summed E-state index contributed by atoms with van der Waals surface area (Å²) in [7, 11) is 0. The fraction of sp³-hybridized carbons (Fsp3) is 0.667. The highest BCUT2D eigenvalue weighted by Crippen LogP contribution is 2.26. The molecule has 1 fully saturated rings. The van der Waals surface area contributed by atoms with Crippen molar-refractivity contribution in [3.63, 3.8) is 0 Å². The van der Waals surface area contributed by atoms with Gasteiger partial charge < -0.3 is 4.90 Å². The molecule has 1 aromatic heterocycles. The van der Waals surface area contributed by atoms with Gasteiger partial charge in [0, 0.05) is 13.1 Å². The highest BCUT2D eigenvalue weighted by Gasteiger charge is 2.14. The zero-order valence-corrected chi connectivity index (χ0v) is 10.6. The van der Waals surface area contributed by atoms with Gasteiger partial charge in [0.25, 0.3) is 0 Å². The van der Waals surface area contributed by atoms with Crippen LogP contribution >= 0.6 is 11.3 Å². The molecule has 16 heavy (non-hydrogen) atoms. The molecule has 88 valence electrons. The Labute approximate surface area is 100 Å². The molecule has 0 saturated carbocycles. The van der Waals surface area contributed by atoms with E-state index in [4.69, 9.17) is 0 Å². The van der Waals surface area contributed by atoms with Crippen molar-refractivity contribution in [3.8, 4) is 0 Å². The number of carbonyl (C=O) groups is 1. The lowest BCUT2D eigenvalue weighted by atomic mass is 10.1. The quantitative estimate of drug-likeness (QED) is 0.742. The normalized spacial score (nSPS) is 17.9. The molecule has 0 unspecified atom stereocenters. The SMILES string of the molecule is Cc1nc(N2CCCCCCC2)sc1C=O. The number of hydrogen-bond donors (Lipinski definition) is 0. The van der Waals surface area contributed by atoms with Gasteiger partial charge in [0.05, 0.1) is 10.6 Å². The average molecular weight is 238 g/mol. The summed E-state index contributed by atoms with van der Waals surface area (Å²) < 4.78 is 0. The van der Waals surface area contributed by atoms with E-state index in [1.54, 1.807) is 0 Å². The van der Waals surface area contributed by atoms with E-state index in [0.29, 0.717) is 0 Å². The minimum Gasteiger partial charge on any atom is -0.348 e. The second kappa shape index (κ2) is 5.43. The number of hydrogen-bond acceptors (Lipinski definition) is 4. The first kappa shape index (κ1) is 11.6. The maximum Gasteiger partial charge on any atom is 0.186 e. The molecular weight excluding hydrogens is 220 g/mol. The van der Waals surface area contributed by atoms with Crippen LogP contribution in [0.15, 0.2) is 0 Å². The van der Waals surface area contributed by atoms with Gasteiger partial charge in [-0.05, 0) is 19.8 Å². The third kappa shape index (κ3) is 2.61. The zero-order chi connectivity index (χ0) is 11.4. The number of anilines is 1. The van der Waals surface area contributed by atoms with Crippen molar-refractivity contribution in [3.05, 3.63) is 10.6 Å². The fourth-order valence-electron chi connectivity index (χ4n) is 2.08. The largest absolute Gasteiger partial charge is 0.348 e. The van der Waals surface area contributed by atoms with Crippen LogP contribution in [0.4, 0.5) is 5.13 Å². The molecular formula is C12H18N2OS. The van der Waals surface area contributed by atoms with Crippen molar-refractivity contribution in [1.29, 1.82) is 0 Å². The first-order valence-corrected chi connectivity index (χ1v) is 6.80. The van der Waals surface area contributed by atoms with Crippen LogP contribution in [-0.2, 0) is 0 Å². The maximum atomic E-state index is 10.8. The summed E-state index contributed by atoms with van der Waals surface area (Å²) in [5, 5.41) is 1.03. The van der Waals surface area contributed by atoms with E-state index in [9.17, 15) is 4.79 Å². The molecule has 1 saturated heterocycles. The van der Waals surface area contributed by atoms with E-state index >= 15 is 0 Å². The van der Waals surface area contributed by atoms with Crippen LogP contribution in [0, 0.1) is 6.92 Å². The second-order valence-corrected chi connectivity index (χ2v) is 5.33. The molecule has 4 heteroatoms. The molecule has 0 atom stereocenters. The Kier molecular flexibility index (Phi) is 3.93. The van der Waals surface area contributed by atoms with E-state index in [2.05, 4.69) is 9.88 Å². The Morgan fingerprint density at radius 2 is 1.81 bits per heavy atom. The van der Waals surface area contributed by atoms with Gasteiger partial charge in [-0.1, -0.05) is 30.6 Å². The van der Waals surface area contributed by atoms with Crippen molar-refractivity contribution in [2.75, 3.05) is 18.0 Å². The Hall–Kier alpha value is -0.900. The predicted octanol–water partition coefficient (Wildman–Crippen LogP) is 3.03. The van der Waals surface area contributed by atoms with Crippen LogP contribution in [0.5, 0.6) is 0 Å². The van der Waals surface area contributed by atoms with Crippen molar-refractivity contribution in [1.82, 2.24) is 4.98 Å².